The van der Waals surface area contributed by atoms with Crippen LogP contribution in [-0.2, 0) is 7.86 Å². The van der Waals surface area contributed by atoms with Crippen molar-refractivity contribution in [3.05, 3.63) is 0 Å². The van der Waals surface area contributed by atoms with Crippen molar-refractivity contribution in [1.29, 1.82) is 0 Å². The van der Waals surface area contributed by atoms with E-state index < -0.39 is 12.0 Å². The van der Waals surface area contributed by atoms with Crippen molar-refractivity contribution in [3.8, 4) is 0 Å². The normalized spacial score (nSPS) is 13.6. The molecule has 0 aromatic carbocycles. The maximum atomic E-state index is 10.4. The second kappa shape index (κ2) is 4.86. The lowest BCUT2D eigenvalue weighted by molar-refractivity contribution is -0.143. The third-order valence-corrected chi connectivity index (χ3v) is 1.49. The van der Waals surface area contributed by atoms with Crippen LogP contribution >= 0.6 is 23.0 Å². The van der Waals surface area contributed by atoms with Crippen molar-refractivity contribution >= 4 is 29.0 Å². The van der Waals surface area contributed by atoms with E-state index in [0.717, 1.165) is 0 Å². The summed E-state index contributed by atoms with van der Waals surface area (Å²) in [5.74, 6) is -0.860. The molecule has 0 saturated carbocycles. The molecule has 0 aliphatic carbocycles. The Morgan fingerprint density at radius 2 is 2.30 bits per heavy atom. The van der Waals surface area contributed by atoms with Crippen molar-refractivity contribution < 1.29 is 13.0 Å². The fourth-order valence-electron chi connectivity index (χ4n) is 0.501. The summed E-state index contributed by atoms with van der Waals surface area (Å²) in [4.78, 5) is 12.0. The highest BCUT2D eigenvalue weighted by Gasteiger charge is 2.19. The van der Waals surface area contributed by atoms with E-state index in [1.807, 2.05) is 0 Å². The zero-order chi connectivity index (χ0) is 8.15. The first kappa shape index (κ1) is 10.1. The molecular weight excluding hydrogens is 249 g/mol. The Morgan fingerprint density at radius 3 is 2.40 bits per heavy atom. The minimum Gasteiger partial charge on any atom is -0.480 e. The monoisotopic (exact) mass is 259 g/mol. The van der Waals surface area contributed by atoms with E-state index in [2.05, 4.69) is 3.07 Å². The Balaban J connectivity index is 3.85. The summed E-state index contributed by atoms with van der Waals surface area (Å²) in [6.45, 7) is 0.211. The Hall–Kier alpha value is 0.120. The second-order valence-corrected chi connectivity index (χ2v) is 2.72. The molecule has 0 aliphatic heterocycles. The molecular formula is C5H10INO3. The molecule has 60 valence electrons. The van der Waals surface area contributed by atoms with Crippen molar-refractivity contribution in [2.45, 2.75) is 6.04 Å². The standard InChI is InChI=1S/C5H10INO3/c1-7(2)4(3-10-6)5(8)9/h4H,3H2,1-2H3,(H,8,9)/t4-/m0/s1. The molecule has 4 nitrogen and oxygen atoms in total. The fourth-order valence-corrected chi connectivity index (χ4v) is 0.842. The van der Waals surface area contributed by atoms with Gasteiger partial charge in [0, 0.05) is 0 Å². The average molecular weight is 259 g/mol. The zero-order valence-electron chi connectivity index (χ0n) is 5.87. The van der Waals surface area contributed by atoms with Crippen LogP contribution in [0.3, 0.4) is 0 Å². The van der Waals surface area contributed by atoms with Crippen molar-refractivity contribution in [1.82, 2.24) is 4.90 Å². The number of nitrogens with zero attached hydrogens (tertiary/aromatic N) is 1. The molecule has 0 heterocycles. The summed E-state index contributed by atoms with van der Waals surface area (Å²) in [7, 11) is 3.41. The minimum atomic E-state index is -0.860. The van der Waals surface area contributed by atoms with Crippen LogP contribution in [0.5, 0.6) is 0 Å². The van der Waals surface area contributed by atoms with Crippen LogP contribution in [0.2, 0.25) is 0 Å². The number of likely N-dealkylation sites (N-methyl/N-ethyl adjacent to an activating group) is 1. The van der Waals surface area contributed by atoms with Gasteiger partial charge in [0.2, 0.25) is 0 Å². The molecule has 0 rings (SSSR count). The first-order chi connectivity index (χ1) is 4.59. The van der Waals surface area contributed by atoms with Gasteiger partial charge in [0.25, 0.3) is 0 Å². The summed E-state index contributed by atoms with van der Waals surface area (Å²) in [5.41, 5.74) is 0. The van der Waals surface area contributed by atoms with Crippen molar-refractivity contribution in [2.75, 3.05) is 20.7 Å². The maximum absolute atomic E-state index is 10.4. The molecule has 1 atom stereocenters. The highest BCUT2D eigenvalue weighted by molar-refractivity contribution is 14.1. The van der Waals surface area contributed by atoms with Gasteiger partial charge in [-0.2, -0.15) is 0 Å². The topological polar surface area (TPSA) is 49.8 Å². The third kappa shape index (κ3) is 3.33. The van der Waals surface area contributed by atoms with Gasteiger partial charge in [0.05, 0.1) is 6.61 Å². The molecule has 0 amide bonds. The number of hydrogen-bond acceptors (Lipinski definition) is 3. The van der Waals surface area contributed by atoms with Crippen LogP contribution in [-0.4, -0.2) is 42.7 Å². The molecule has 10 heavy (non-hydrogen) atoms. The van der Waals surface area contributed by atoms with Crippen LogP contribution < -0.4 is 0 Å². The molecule has 0 aromatic heterocycles. The smallest absolute Gasteiger partial charge is 0.323 e. The van der Waals surface area contributed by atoms with Crippen molar-refractivity contribution in [3.63, 3.8) is 0 Å². The second-order valence-electron chi connectivity index (χ2n) is 2.09. The van der Waals surface area contributed by atoms with E-state index in [9.17, 15) is 4.79 Å². The molecule has 0 aliphatic rings. The molecule has 0 spiro atoms. The van der Waals surface area contributed by atoms with Crippen LogP contribution in [0.4, 0.5) is 0 Å². The number of halogens is 1. The number of carboxylic acid groups (broad SMARTS) is 1. The van der Waals surface area contributed by atoms with Crippen LogP contribution in [0.15, 0.2) is 0 Å². The highest BCUT2D eigenvalue weighted by atomic mass is 127. The number of carbonyl (C=O) groups is 1. The number of aliphatic carboxylic acids is 1. The van der Waals surface area contributed by atoms with Gasteiger partial charge in [0.15, 0.2) is 0 Å². The summed E-state index contributed by atoms with van der Waals surface area (Å²) >= 11 is 1.68. The lowest BCUT2D eigenvalue weighted by Gasteiger charge is -2.17. The predicted octanol–water partition coefficient (Wildman–Crippen LogP) is 0.368. The Kier molecular flexibility index (Phi) is 4.92. The van der Waals surface area contributed by atoms with Gasteiger partial charge in [-0.25, -0.2) is 0 Å². The molecule has 0 bridgehead atoms. The van der Waals surface area contributed by atoms with Crippen LogP contribution in [0.25, 0.3) is 0 Å². The summed E-state index contributed by atoms with van der Waals surface area (Å²) < 4.78 is 4.67. The lowest BCUT2D eigenvalue weighted by atomic mass is 10.3. The van der Waals surface area contributed by atoms with Gasteiger partial charge >= 0.3 is 5.97 Å². The maximum Gasteiger partial charge on any atom is 0.323 e. The quantitative estimate of drug-likeness (QED) is 0.741. The Bertz CT molecular complexity index is 117. The molecule has 0 saturated heterocycles. The van der Waals surface area contributed by atoms with Gasteiger partial charge in [-0.1, -0.05) is 0 Å². The lowest BCUT2D eigenvalue weighted by Crippen LogP contribution is -2.38. The molecule has 0 unspecified atom stereocenters. The van der Waals surface area contributed by atoms with Gasteiger partial charge in [0.1, 0.15) is 29.0 Å². The SMILES string of the molecule is CN(C)[C@@H](COI)C(=O)O. The summed E-state index contributed by atoms with van der Waals surface area (Å²) in [5, 5.41) is 8.55. The molecule has 1 N–H and O–H groups in total. The van der Waals surface area contributed by atoms with Crippen LogP contribution in [0, 0.1) is 0 Å². The van der Waals surface area contributed by atoms with E-state index in [1.54, 1.807) is 42.0 Å². The third-order valence-electron chi connectivity index (χ3n) is 1.13. The van der Waals surface area contributed by atoms with E-state index in [-0.39, 0.29) is 6.61 Å². The van der Waals surface area contributed by atoms with Gasteiger partial charge in [-0.05, 0) is 14.1 Å². The van der Waals surface area contributed by atoms with E-state index in [4.69, 9.17) is 5.11 Å². The van der Waals surface area contributed by atoms with E-state index >= 15 is 0 Å². The molecule has 0 fully saturated rings. The number of hydrogen-bond donors (Lipinski definition) is 1. The number of rotatable bonds is 4. The summed E-state index contributed by atoms with van der Waals surface area (Å²) in [6, 6.07) is -0.545. The summed E-state index contributed by atoms with van der Waals surface area (Å²) in [6.07, 6.45) is 0. The van der Waals surface area contributed by atoms with Gasteiger partial charge in [-0.15, -0.1) is 0 Å². The van der Waals surface area contributed by atoms with Gasteiger partial charge in [-0.3, -0.25) is 9.69 Å². The molecule has 0 aromatic rings. The first-order valence-electron chi connectivity index (χ1n) is 2.72. The highest BCUT2D eigenvalue weighted by Crippen LogP contribution is 1.97. The van der Waals surface area contributed by atoms with E-state index in [0.29, 0.717) is 0 Å². The Labute approximate surface area is 73.8 Å². The fraction of sp³-hybridized carbons (Fsp3) is 0.800. The number of carboxylic acids is 1. The van der Waals surface area contributed by atoms with E-state index in [1.165, 1.54) is 0 Å². The largest absolute Gasteiger partial charge is 0.480 e. The minimum absolute atomic E-state index is 0.211. The average Bonchev–Trinajstić information content (AvgIpc) is 1.81. The van der Waals surface area contributed by atoms with Crippen molar-refractivity contribution in [2.24, 2.45) is 0 Å². The molecule has 0 radical (unpaired) electrons. The Morgan fingerprint density at radius 1 is 1.80 bits per heavy atom. The first-order valence-corrected chi connectivity index (χ1v) is 3.60. The predicted molar refractivity (Wildman–Crippen MR) is 45.1 cm³/mol. The van der Waals surface area contributed by atoms with Crippen LogP contribution in [0.1, 0.15) is 0 Å². The van der Waals surface area contributed by atoms with Gasteiger partial charge < -0.3 is 8.17 Å². The zero-order valence-corrected chi connectivity index (χ0v) is 8.03. The molecule has 5 heteroatoms.